The molecule has 0 aliphatic rings. The molecule has 1 heterocycles. The van der Waals surface area contributed by atoms with Gasteiger partial charge in [-0.25, -0.2) is 4.79 Å². The summed E-state index contributed by atoms with van der Waals surface area (Å²) in [5, 5.41) is 3.83. The second-order valence-electron chi connectivity index (χ2n) is 7.60. The van der Waals surface area contributed by atoms with Crippen LogP contribution in [-0.4, -0.2) is 50.2 Å². The lowest BCUT2D eigenvalue weighted by molar-refractivity contribution is -0.857. The van der Waals surface area contributed by atoms with Crippen molar-refractivity contribution in [2.24, 2.45) is 0 Å². The number of fused-ring (bicyclic) bond motifs is 1. The van der Waals surface area contributed by atoms with E-state index in [4.69, 9.17) is 4.74 Å². The van der Waals surface area contributed by atoms with E-state index in [1.54, 1.807) is 18.1 Å². The van der Waals surface area contributed by atoms with Gasteiger partial charge >= 0.3 is 6.03 Å². The minimum Gasteiger partial charge on any atom is -0.497 e. The van der Waals surface area contributed by atoms with Gasteiger partial charge in [0.1, 0.15) is 5.75 Å². The van der Waals surface area contributed by atoms with Gasteiger partial charge in [0.05, 0.1) is 40.8 Å². The molecule has 0 aliphatic heterocycles. The van der Waals surface area contributed by atoms with Crippen LogP contribution in [0.25, 0.3) is 10.9 Å². The number of quaternary nitrogens is 1. The predicted octanol–water partition coefficient (Wildman–Crippen LogP) is 1.39. The van der Waals surface area contributed by atoms with Crippen molar-refractivity contribution in [3.05, 3.63) is 76.1 Å². The first kappa shape index (κ1) is 21.4. The minimum atomic E-state index is -0.190. The molecule has 0 unspecified atom stereocenters. The number of aromatic nitrogens is 1. The van der Waals surface area contributed by atoms with E-state index in [0.29, 0.717) is 24.4 Å². The van der Waals surface area contributed by atoms with Gasteiger partial charge in [-0.1, -0.05) is 30.3 Å². The number of hydrogen-bond donors (Lipinski definition) is 3. The number of rotatable bonds is 8. The van der Waals surface area contributed by atoms with Gasteiger partial charge in [-0.15, -0.1) is 0 Å². The van der Waals surface area contributed by atoms with Crippen LogP contribution in [0.4, 0.5) is 4.79 Å². The average molecular weight is 410 g/mol. The maximum atomic E-state index is 12.9. The summed E-state index contributed by atoms with van der Waals surface area (Å²) in [6.45, 7) is 1.99. The Morgan fingerprint density at radius 1 is 1.13 bits per heavy atom. The lowest BCUT2D eigenvalue weighted by Gasteiger charge is -2.23. The van der Waals surface area contributed by atoms with E-state index in [0.717, 1.165) is 23.0 Å². The van der Waals surface area contributed by atoms with Crippen LogP contribution in [0.5, 0.6) is 5.75 Å². The number of nitrogens with zero attached hydrogens (tertiary/aromatic N) is 1. The highest BCUT2D eigenvalue weighted by atomic mass is 16.5. The van der Waals surface area contributed by atoms with Crippen LogP contribution in [0.15, 0.2) is 59.4 Å². The normalized spacial score (nSPS) is 10.9. The van der Waals surface area contributed by atoms with E-state index in [9.17, 15) is 9.59 Å². The zero-order valence-corrected chi connectivity index (χ0v) is 17.7. The number of aromatic amines is 1. The fourth-order valence-corrected chi connectivity index (χ4v) is 3.18. The van der Waals surface area contributed by atoms with Gasteiger partial charge < -0.3 is 24.8 Å². The Hall–Kier alpha value is -3.32. The van der Waals surface area contributed by atoms with Crippen molar-refractivity contribution in [2.75, 3.05) is 34.3 Å². The molecule has 0 radical (unpaired) electrons. The number of nitrogens with one attached hydrogen (secondary N) is 3. The largest absolute Gasteiger partial charge is 0.497 e. The molecule has 2 amide bonds. The van der Waals surface area contributed by atoms with E-state index in [-0.39, 0.29) is 18.1 Å². The third-order valence-corrected chi connectivity index (χ3v) is 4.95. The molecule has 7 heteroatoms. The van der Waals surface area contributed by atoms with E-state index in [1.165, 1.54) is 4.90 Å². The number of H-pyrrole nitrogens is 1. The summed E-state index contributed by atoms with van der Waals surface area (Å²) in [4.78, 5) is 31.3. The van der Waals surface area contributed by atoms with Crippen molar-refractivity contribution in [1.82, 2.24) is 15.2 Å². The quantitative estimate of drug-likeness (QED) is 0.526. The van der Waals surface area contributed by atoms with E-state index in [1.807, 2.05) is 62.6 Å². The summed E-state index contributed by atoms with van der Waals surface area (Å²) in [5.74, 6) is 0.717. The third kappa shape index (κ3) is 5.61. The van der Waals surface area contributed by atoms with Crippen molar-refractivity contribution in [2.45, 2.75) is 13.1 Å². The lowest BCUT2D eigenvalue weighted by atomic mass is 10.1. The first-order valence-corrected chi connectivity index (χ1v) is 10.0. The number of amides is 2. The number of ether oxygens (including phenoxy) is 1. The highest BCUT2D eigenvalue weighted by molar-refractivity contribution is 5.80. The minimum absolute atomic E-state index is 0.189. The number of carbonyl (C=O) groups excluding carboxylic acids is 1. The summed E-state index contributed by atoms with van der Waals surface area (Å²) in [7, 11) is 5.68. The molecule has 7 nitrogen and oxygen atoms in total. The zero-order chi connectivity index (χ0) is 21.5. The van der Waals surface area contributed by atoms with Gasteiger partial charge in [0.15, 0.2) is 0 Å². The Morgan fingerprint density at radius 3 is 2.60 bits per heavy atom. The molecule has 2 aromatic carbocycles. The molecule has 0 fully saturated rings. The maximum absolute atomic E-state index is 12.9. The number of likely N-dealkylation sites (N-methyl/N-ethyl adjacent to an activating group) is 1. The second-order valence-corrected chi connectivity index (χ2v) is 7.60. The molecular weight excluding hydrogens is 380 g/mol. The van der Waals surface area contributed by atoms with Gasteiger partial charge in [-0.3, -0.25) is 4.79 Å². The first-order chi connectivity index (χ1) is 14.5. The van der Waals surface area contributed by atoms with Crippen molar-refractivity contribution in [1.29, 1.82) is 0 Å². The molecule has 3 aromatic rings. The molecule has 0 bridgehead atoms. The van der Waals surface area contributed by atoms with Gasteiger partial charge in [0.2, 0.25) is 0 Å². The maximum Gasteiger partial charge on any atom is 0.318 e. The molecule has 3 N–H and O–H groups in total. The summed E-state index contributed by atoms with van der Waals surface area (Å²) in [5.41, 5.74) is 2.12. The predicted molar refractivity (Wildman–Crippen MR) is 118 cm³/mol. The van der Waals surface area contributed by atoms with Crippen molar-refractivity contribution in [3.8, 4) is 5.75 Å². The van der Waals surface area contributed by atoms with Crippen molar-refractivity contribution >= 4 is 16.9 Å². The number of methoxy groups -OCH3 is 1. The van der Waals surface area contributed by atoms with Crippen LogP contribution in [0, 0.1) is 0 Å². The molecule has 0 spiro atoms. The average Bonchev–Trinajstić information content (AvgIpc) is 2.75. The molecule has 0 aliphatic carbocycles. The number of urea groups is 1. The fraction of sp³-hybridized carbons (Fsp3) is 0.304. The second kappa shape index (κ2) is 9.93. The Balaban J connectivity index is 1.80. The Bertz CT molecular complexity index is 1050. The monoisotopic (exact) mass is 409 g/mol. The van der Waals surface area contributed by atoms with Crippen LogP contribution in [-0.2, 0) is 13.1 Å². The van der Waals surface area contributed by atoms with Gasteiger partial charge in [-0.05, 0) is 29.8 Å². The highest BCUT2D eigenvalue weighted by Crippen LogP contribution is 2.19. The van der Waals surface area contributed by atoms with Gasteiger partial charge in [-0.2, -0.15) is 0 Å². The zero-order valence-electron chi connectivity index (χ0n) is 17.7. The number of pyridine rings is 1. The summed E-state index contributed by atoms with van der Waals surface area (Å²) in [6, 6.07) is 16.9. The number of carbonyl (C=O) groups is 1. The summed E-state index contributed by atoms with van der Waals surface area (Å²) >= 11 is 0. The molecular formula is C23H29N4O3+. The number of benzene rings is 2. The Labute approximate surface area is 176 Å². The van der Waals surface area contributed by atoms with E-state index < -0.39 is 0 Å². The topological polar surface area (TPSA) is 78.9 Å². The molecule has 30 heavy (non-hydrogen) atoms. The SMILES string of the molecule is COc1ccc2[nH]c(=O)c(CN(CC[NH+](C)C)C(=O)NCc3ccccc3)cc2c1. The highest BCUT2D eigenvalue weighted by Gasteiger charge is 2.17. The van der Waals surface area contributed by atoms with Crippen LogP contribution >= 0.6 is 0 Å². The Morgan fingerprint density at radius 2 is 1.90 bits per heavy atom. The van der Waals surface area contributed by atoms with Crippen molar-refractivity contribution < 1.29 is 14.4 Å². The van der Waals surface area contributed by atoms with Crippen molar-refractivity contribution in [3.63, 3.8) is 0 Å². The molecule has 158 valence electrons. The van der Waals surface area contributed by atoms with Crippen LogP contribution in [0.3, 0.4) is 0 Å². The molecule has 0 saturated heterocycles. The lowest BCUT2D eigenvalue weighted by Crippen LogP contribution is -3.06. The first-order valence-electron chi connectivity index (χ1n) is 10.0. The van der Waals surface area contributed by atoms with E-state index in [2.05, 4.69) is 10.3 Å². The Kier molecular flexibility index (Phi) is 7.08. The molecule has 3 rings (SSSR count). The summed E-state index contributed by atoms with van der Waals surface area (Å²) in [6.07, 6.45) is 0. The van der Waals surface area contributed by atoms with Crippen LogP contribution in [0.1, 0.15) is 11.1 Å². The smallest absolute Gasteiger partial charge is 0.318 e. The molecule has 0 saturated carbocycles. The third-order valence-electron chi connectivity index (χ3n) is 4.95. The molecule has 1 aromatic heterocycles. The van der Waals surface area contributed by atoms with Crippen LogP contribution < -0.4 is 20.5 Å². The number of hydrogen-bond acceptors (Lipinski definition) is 3. The van der Waals surface area contributed by atoms with E-state index >= 15 is 0 Å². The van der Waals surface area contributed by atoms with Gasteiger partial charge in [0.25, 0.3) is 5.56 Å². The summed E-state index contributed by atoms with van der Waals surface area (Å²) < 4.78 is 5.28. The van der Waals surface area contributed by atoms with Crippen LogP contribution in [0.2, 0.25) is 0 Å². The standard InChI is InChI=1S/C23H28N4O3/c1-26(2)11-12-27(23(29)24-15-17-7-5-4-6-8-17)16-19-13-18-14-20(30-3)9-10-21(18)25-22(19)28/h4-10,13-14H,11-12,15-16H2,1-3H3,(H,24,29)(H,25,28)/p+1. The molecule has 0 atom stereocenters. The van der Waals surface area contributed by atoms with Gasteiger partial charge in [0, 0.05) is 23.0 Å². The fourth-order valence-electron chi connectivity index (χ4n) is 3.18.